The number of aromatic nitrogens is 1. The van der Waals surface area contributed by atoms with Crippen LogP contribution in [0, 0.1) is 0 Å². The average Bonchev–Trinajstić information content (AvgIpc) is 2.55. The van der Waals surface area contributed by atoms with Gasteiger partial charge in [0.25, 0.3) is 0 Å². The maximum Gasteiger partial charge on any atom is 0.372 e. The quantitative estimate of drug-likeness (QED) is 0.194. The predicted molar refractivity (Wildman–Crippen MR) is 92.3 cm³/mol. The summed E-state index contributed by atoms with van der Waals surface area (Å²) in [6.07, 6.45) is 9.87. The number of pyridine rings is 1. The summed E-state index contributed by atoms with van der Waals surface area (Å²) in [5.41, 5.74) is 0. The zero-order valence-corrected chi connectivity index (χ0v) is 15.9. The van der Waals surface area contributed by atoms with Gasteiger partial charge < -0.3 is 9.29 Å². The summed E-state index contributed by atoms with van der Waals surface area (Å²) >= 11 is 0. The van der Waals surface area contributed by atoms with E-state index in [0.717, 1.165) is 12.8 Å². The molecule has 0 radical (unpaired) electrons. The van der Waals surface area contributed by atoms with Crippen molar-refractivity contribution in [2.75, 3.05) is 13.2 Å². The first-order chi connectivity index (χ1) is 11.9. The highest BCUT2D eigenvalue weighted by Crippen LogP contribution is 2.05. The van der Waals surface area contributed by atoms with E-state index in [1.807, 2.05) is 30.6 Å². The lowest BCUT2D eigenvalue weighted by Gasteiger charge is -2.06. The summed E-state index contributed by atoms with van der Waals surface area (Å²) in [4.78, 5) is 11.0. The van der Waals surface area contributed by atoms with Gasteiger partial charge in [-0.1, -0.05) is 45.1 Å². The van der Waals surface area contributed by atoms with E-state index in [9.17, 15) is 17.8 Å². The molecule has 0 spiro atoms. The largest absolute Gasteiger partial charge is 0.726 e. The molecule has 1 aromatic rings. The van der Waals surface area contributed by atoms with Crippen LogP contribution in [-0.2, 0) is 30.7 Å². The number of esters is 1. The van der Waals surface area contributed by atoms with E-state index in [1.54, 1.807) is 11.5 Å². The van der Waals surface area contributed by atoms with Crippen molar-refractivity contribution in [2.24, 2.45) is 0 Å². The molecule has 1 heterocycles. The predicted octanol–water partition coefficient (Wildman–Crippen LogP) is 2.36. The third-order valence-electron chi connectivity index (χ3n) is 3.12. The van der Waals surface area contributed by atoms with Crippen molar-refractivity contribution in [3.05, 3.63) is 30.6 Å². The van der Waals surface area contributed by atoms with Crippen LogP contribution in [0.5, 0.6) is 0 Å². The van der Waals surface area contributed by atoms with Gasteiger partial charge in [0, 0.05) is 12.1 Å². The standard InChI is InChI=1S/C9H12NO2.C8H18O4S/c1-2-12-9(11)8-10-6-4-3-5-7-10;1-2-3-4-5-6-7-8-12-13(9,10)11/h3-7H,2,8H2,1H3;2-8H2,1H3,(H,9,10,11)/q+1;/p-1. The fraction of sp³-hybridized carbons (Fsp3) is 0.647. The third-order valence-corrected chi connectivity index (χ3v) is 3.58. The fourth-order valence-electron chi connectivity index (χ4n) is 1.94. The van der Waals surface area contributed by atoms with Crippen LogP contribution in [-0.4, -0.2) is 32.2 Å². The van der Waals surface area contributed by atoms with Crippen LogP contribution in [0.25, 0.3) is 0 Å². The van der Waals surface area contributed by atoms with Gasteiger partial charge >= 0.3 is 5.97 Å². The molecule has 1 aromatic heterocycles. The van der Waals surface area contributed by atoms with Gasteiger partial charge in [-0.3, -0.25) is 4.18 Å². The third kappa shape index (κ3) is 17.1. The molecule has 0 N–H and O–H groups in total. The molecule has 144 valence electrons. The molecule has 0 unspecified atom stereocenters. The Morgan fingerprint density at radius 2 is 1.60 bits per heavy atom. The van der Waals surface area contributed by atoms with Crippen LogP contribution in [0.4, 0.5) is 0 Å². The number of nitrogens with zero attached hydrogens (tertiary/aromatic N) is 1. The minimum atomic E-state index is -4.47. The van der Waals surface area contributed by atoms with Crippen molar-refractivity contribution in [3.8, 4) is 0 Å². The van der Waals surface area contributed by atoms with E-state index in [2.05, 4.69) is 11.1 Å². The molecule has 0 aliphatic carbocycles. The van der Waals surface area contributed by atoms with E-state index in [1.165, 1.54) is 19.3 Å². The zero-order chi connectivity index (χ0) is 19.0. The SMILES string of the molecule is CCCCCCCCOS(=O)(=O)[O-].CCOC(=O)C[n+]1ccccc1. The average molecular weight is 375 g/mol. The highest BCUT2D eigenvalue weighted by molar-refractivity contribution is 7.80. The first-order valence-corrected chi connectivity index (χ1v) is 9.92. The van der Waals surface area contributed by atoms with Gasteiger partial charge in [-0.15, -0.1) is 0 Å². The van der Waals surface area contributed by atoms with E-state index < -0.39 is 10.4 Å². The van der Waals surface area contributed by atoms with Gasteiger partial charge in [-0.25, -0.2) is 13.2 Å². The highest BCUT2D eigenvalue weighted by atomic mass is 32.3. The Hall–Kier alpha value is -1.51. The Balaban J connectivity index is 0.000000462. The van der Waals surface area contributed by atoms with Crippen molar-refractivity contribution in [1.29, 1.82) is 0 Å². The van der Waals surface area contributed by atoms with Crippen molar-refractivity contribution in [3.63, 3.8) is 0 Å². The van der Waals surface area contributed by atoms with Gasteiger partial charge in [-0.2, -0.15) is 4.57 Å². The highest BCUT2D eigenvalue weighted by Gasteiger charge is 2.07. The smallest absolute Gasteiger partial charge is 0.372 e. The minimum absolute atomic E-state index is 0.0258. The molecule has 0 aromatic carbocycles. The number of hydrogen-bond donors (Lipinski definition) is 0. The second-order valence-electron chi connectivity index (χ2n) is 5.35. The Labute approximate surface area is 150 Å². The zero-order valence-electron chi connectivity index (χ0n) is 15.1. The summed E-state index contributed by atoms with van der Waals surface area (Å²) in [5, 5.41) is 0. The first-order valence-electron chi connectivity index (χ1n) is 8.59. The minimum Gasteiger partial charge on any atom is -0.726 e. The maximum absolute atomic E-state index is 11.0. The van der Waals surface area contributed by atoms with E-state index in [0.29, 0.717) is 13.0 Å². The maximum atomic E-state index is 11.0. The molecular weight excluding hydrogens is 346 g/mol. The van der Waals surface area contributed by atoms with E-state index in [4.69, 9.17) is 4.74 Å². The lowest BCUT2D eigenvalue weighted by molar-refractivity contribution is -0.686. The molecule has 8 heteroatoms. The topological polar surface area (TPSA) is 96.6 Å². The van der Waals surface area contributed by atoms with E-state index >= 15 is 0 Å². The summed E-state index contributed by atoms with van der Waals surface area (Å²) in [6, 6.07) is 5.65. The van der Waals surface area contributed by atoms with Crippen LogP contribution < -0.4 is 4.57 Å². The van der Waals surface area contributed by atoms with Crippen molar-refractivity contribution >= 4 is 16.4 Å². The number of carbonyl (C=O) groups is 1. The van der Waals surface area contributed by atoms with Crippen LogP contribution in [0.15, 0.2) is 30.6 Å². The van der Waals surface area contributed by atoms with Gasteiger partial charge in [0.2, 0.25) is 16.9 Å². The number of carbonyl (C=O) groups excluding carboxylic acids is 1. The second-order valence-corrected chi connectivity index (χ2v) is 6.40. The molecule has 1 rings (SSSR count). The van der Waals surface area contributed by atoms with Crippen molar-refractivity contribution in [1.82, 2.24) is 0 Å². The lowest BCUT2D eigenvalue weighted by Crippen LogP contribution is -2.37. The number of ether oxygens (including phenoxy) is 1. The molecule has 7 nitrogen and oxygen atoms in total. The second kappa shape index (κ2) is 14.8. The molecule has 25 heavy (non-hydrogen) atoms. The van der Waals surface area contributed by atoms with Gasteiger partial charge in [0.05, 0.1) is 13.2 Å². The van der Waals surface area contributed by atoms with Crippen LogP contribution in [0.3, 0.4) is 0 Å². The Morgan fingerprint density at radius 1 is 1.00 bits per heavy atom. The van der Waals surface area contributed by atoms with Gasteiger partial charge in [0.15, 0.2) is 12.4 Å². The Kier molecular flexibility index (Phi) is 13.9. The molecule has 0 atom stereocenters. The molecular formula is C17H29NO6S. The summed E-state index contributed by atoms with van der Waals surface area (Å²) in [6.45, 7) is 4.68. The normalized spacial score (nSPS) is 10.7. The molecule has 0 saturated carbocycles. The Bertz CT molecular complexity index is 548. The lowest BCUT2D eigenvalue weighted by atomic mass is 10.1. The molecule has 0 aliphatic rings. The fourth-order valence-corrected chi connectivity index (χ4v) is 2.26. The Morgan fingerprint density at radius 3 is 2.16 bits per heavy atom. The van der Waals surface area contributed by atoms with Gasteiger partial charge in [-0.05, 0) is 13.3 Å². The molecule has 0 saturated heterocycles. The number of unbranched alkanes of at least 4 members (excludes halogenated alkanes) is 5. The number of rotatable bonds is 11. The summed E-state index contributed by atoms with van der Waals surface area (Å²) in [7, 11) is -4.47. The molecule has 0 bridgehead atoms. The van der Waals surface area contributed by atoms with E-state index in [-0.39, 0.29) is 19.1 Å². The first kappa shape index (κ1) is 23.5. The van der Waals surface area contributed by atoms with Crippen LogP contribution in [0.2, 0.25) is 0 Å². The molecule has 0 fully saturated rings. The van der Waals surface area contributed by atoms with Crippen LogP contribution >= 0.6 is 0 Å². The van der Waals surface area contributed by atoms with Crippen molar-refractivity contribution < 1.29 is 31.3 Å². The van der Waals surface area contributed by atoms with Gasteiger partial charge in [0.1, 0.15) is 0 Å². The monoisotopic (exact) mass is 375 g/mol. The van der Waals surface area contributed by atoms with Crippen LogP contribution in [0.1, 0.15) is 52.4 Å². The molecule has 0 amide bonds. The summed E-state index contributed by atoms with van der Waals surface area (Å²) in [5.74, 6) is -0.200. The van der Waals surface area contributed by atoms with Crippen molar-refractivity contribution in [2.45, 2.75) is 58.9 Å². The number of hydrogen-bond acceptors (Lipinski definition) is 6. The summed E-state index contributed by atoms with van der Waals surface area (Å²) < 4.78 is 40.6. The molecule has 0 aliphatic heterocycles.